The van der Waals surface area contributed by atoms with Gasteiger partial charge in [-0.1, -0.05) is 0 Å². The highest BCUT2D eigenvalue weighted by atomic mass is 16.5. The van der Waals surface area contributed by atoms with Gasteiger partial charge in [0.25, 0.3) is 0 Å². The van der Waals surface area contributed by atoms with Crippen LogP contribution in [0.4, 0.5) is 0 Å². The minimum atomic E-state index is -0.657. The summed E-state index contributed by atoms with van der Waals surface area (Å²) in [4.78, 5) is 10.8. The van der Waals surface area contributed by atoms with Gasteiger partial charge < -0.3 is 14.9 Å². The molecule has 3 aliphatic rings. The van der Waals surface area contributed by atoms with E-state index < -0.39 is 17.5 Å². The lowest BCUT2D eigenvalue weighted by Gasteiger charge is -2.68. The molecular formula is C10H16O4. The number of ether oxygens (including phenoxy) is 1. The molecule has 3 rings (SSSR count). The molecule has 0 aromatic heterocycles. The number of carboxylic acids is 1. The minimum absolute atomic E-state index is 0.132. The molecule has 4 heteroatoms. The van der Waals surface area contributed by atoms with Gasteiger partial charge in [-0.3, -0.25) is 4.79 Å². The Kier molecular flexibility index (Phi) is 2.08. The number of aliphatic hydroxyl groups excluding tert-OH is 1. The van der Waals surface area contributed by atoms with Gasteiger partial charge in [-0.15, -0.1) is 0 Å². The molecule has 0 aromatic rings. The summed E-state index contributed by atoms with van der Waals surface area (Å²) < 4.78 is 5.32. The zero-order valence-electron chi connectivity index (χ0n) is 8.32. The first kappa shape index (κ1) is 9.93. The molecule has 0 saturated heterocycles. The van der Waals surface area contributed by atoms with E-state index in [0.717, 1.165) is 19.3 Å². The van der Waals surface area contributed by atoms with Gasteiger partial charge in [-0.25, -0.2) is 0 Å². The van der Waals surface area contributed by atoms with Crippen molar-refractivity contribution in [2.24, 2.45) is 10.8 Å². The Morgan fingerprint density at radius 1 is 1.50 bits per heavy atom. The Morgan fingerprint density at radius 3 is 2.50 bits per heavy atom. The lowest BCUT2D eigenvalue weighted by molar-refractivity contribution is -0.240. The second-order valence-electron chi connectivity index (χ2n) is 4.98. The minimum Gasteiger partial charge on any atom is -0.481 e. The molecule has 0 heterocycles. The molecule has 80 valence electrons. The van der Waals surface area contributed by atoms with Crippen LogP contribution in [-0.2, 0) is 9.53 Å². The standard InChI is InChI=1S/C10H16O4/c1-7(11)2-14-6-9-3-10(4-9,5-9)8(12)13/h7,11H,2-6H2,1H3,(H,12,13). The Hall–Kier alpha value is -0.610. The van der Waals surface area contributed by atoms with Crippen LogP contribution in [0.5, 0.6) is 0 Å². The summed E-state index contributed by atoms with van der Waals surface area (Å²) in [5.41, 5.74) is -0.276. The summed E-state index contributed by atoms with van der Waals surface area (Å²) in [7, 11) is 0. The summed E-state index contributed by atoms with van der Waals surface area (Å²) in [6, 6.07) is 0. The van der Waals surface area contributed by atoms with Gasteiger partial charge in [0.05, 0.1) is 24.7 Å². The van der Waals surface area contributed by atoms with Crippen molar-refractivity contribution in [2.75, 3.05) is 13.2 Å². The first-order valence-corrected chi connectivity index (χ1v) is 4.97. The van der Waals surface area contributed by atoms with Crippen LogP contribution < -0.4 is 0 Å². The van der Waals surface area contributed by atoms with E-state index in [9.17, 15) is 4.79 Å². The van der Waals surface area contributed by atoms with Crippen molar-refractivity contribution in [3.63, 3.8) is 0 Å². The van der Waals surface area contributed by atoms with Crippen LogP contribution in [-0.4, -0.2) is 35.5 Å². The highest BCUT2D eigenvalue weighted by molar-refractivity contribution is 5.79. The van der Waals surface area contributed by atoms with Gasteiger partial charge in [0.15, 0.2) is 0 Å². The highest BCUT2D eigenvalue weighted by Gasteiger charge is 2.71. The average Bonchev–Trinajstić information content (AvgIpc) is 1.89. The van der Waals surface area contributed by atoms with Crippen LogP contribution in [0.2, 0.25) is 0 Å². The van der Waals surface area contributed by atoms with Crippen molar-refractivity contribution in [3.05, 3.63) is 0 Å². The number of aliphatic hydroxyl groups is 1. The van der Waals surface area contributed by atoms with E-state index in [1.165, 1.54) is 0 Å². The topological polar surface area (TPSA) is 66.8 Å². The van der Waals surface area contributed by atoms with E-state index in [1.807, 2.05) is 0 Å². The Labute approximate surface area is 82.9 Å². The van der Waals surface area contributed by atoms with Crippen LogP contribution in [0.1, 0.15) is 26.2 Å². The largest absolute Gasteiger partial charge is 0.481 e. The molecule has 2 N–H and O–H groups in total. The molecule has 0 amide bonds. The van der Waals surface area contributed by atoms with Crippen molar-refractivity contribution < 1.29 is 19.7 Å². The van der Waals surface area contributed by atoms with Gasteiger partial charge in [-0.05, 0) is 31.6 Å². The molecule has 0 aromatic carbocycles. The summed E-state index contributed by atoms with van der Waals surface area (Å²) in [5, 5.41) is 17.9. The molecular weight excluding hydrogens is 184 g/mol. The number of hydrogen-bond acceptors (Lipinski definition) is 3. The SMILES string of the molecule is CC(O)COCC12CC(C(=O)O)(C1)C2. The summed E-state index contributed by atoms with van der Waals surface area (Å²) in [5.74, 6) is -0.657. The molecule has 4 nitrogen and oxygen atoms in total. The monoisotopic (exact) mass is 200 g/mol. The molecule has 0 radical (unpaired) electrons. The van der Waals surface area contributed by atoms with Gasteiger partial charge in [0.2, 0.25) is 0 Å². The first-order chi connectivity index (χ1) is 6.48. The van der Waals surface area contributed by atoms with Crippen molar-refractivity contribution in [1.29, 1.82) is 0 Å². The number of hydrogen-bond donors (Lipinski definition) is 2. The summed E-state index contributed by atoms with van der Waals surface area (Å²) >= 11 is 0. The van der Waals surface area contributed by atoms with Crippen LogP contribution in [0, 0.1) is 10.8 Å². The number of carboxylic acid groups (broad SMARTS) is 1. The van der Waals surface area contributed by atoms with Crippen molar-refractivity contribution >= 4 is 5.97 Å². The van der Waals surface area contributed by atoms with Gasteiger partial charge in [0.1, 0.15) is 0 Å². The maximum Gasteiger partial charge on any atom is 0.309 e. The average molecular weight is 200 g/mol. The van der Waals surface area contributed by atoms with E-state index in [1.54, 1.807) is 6.92 Å². The molecule has 2 bridgehead atoms. The molecule has 3 aliphatic carbocycles. The van der Waals surface area contributed by atoms with Crippen molar-refractivity contribution in [1.82, 2.24) is 0 Å². The molecule has 14 heavy (non-hydrogen) atoms. The van der Waals surface area contributed by atoms with E-state index in [2.05, 4.69) is 0 Å². The number of rotatable bonds is 5. The molecule has 3 saturated carbocycles. The predicted molar refractivity (Wildman–Crippen MR) is 48.9 cm³/mol. The van der Waals surface area contributed by atoms with E-state index >= 15 is 0 Å². The van der Waals surface area contributed by atoms with Crippen LogP contribution in [0.25, 0.3) is 0 Å². The zero-order valence-corrected chi connectivity index (χ0v) is 8.32. The van der Waals surface area contributed by atoms with Crippen LogP contribution in [0.15, 0.2) is 0 Å². The van der Waals surface area contributed by atoms with Gasteiger partial charge in [0, 0.05) is 0 Å². The predicted octanol–water partition coefficient (Wildman–Crippen LogP) is 0.639. The third kappa shape index (κ3) is 1.33. The van der Waals surface area contributed by atoms with Gasteiger partial charge >= 0.3 is 5.97 Å². The Bertz CT molecular complexity index is 239. The lowest BCUT2D eigenvalue weighted by Crippen LogP contribution is -2.67. The van der Waals surface area contributed by atoms with Crippen molar-refractivity contribution in [3.8, 4) is 0 Å². The fourth-order valence-electron chi connectivity index (χ4n) is 2.82. The second kappa shape index (κ2) is 2.94. The molecule has 1 unspecified atom stereocenters. The summed E-state index contributed by atoms with van der Waals surface area (Å²) in [6.45, 7) is 2.63. The number of aliphatic carboxylic acids is 1. The fraction of sp³-hybridized carbons (Fsp3) is 0.900. The second-order valence-corrected chi connectivity index (χ2v) is 4.98. The normalized spacial score (nSPS) is 41.0. The Balaban J connectivity index is 1.70. The molecule has 3 fully saturated rings. The molecule has 1 atom stereocenters. The maximum atomic E-state index is 10.8. The van der Waals surface area contributed by atoms with Crippen LogP contribution >= 0.6 is 0 Å². The third-order valence-electron chi connectivity index (χ3n) is 3.36. The smallest absolute Gasteiger partial charge is 0.309 e. The van der Waals surface area contributed by atoms with Crippen molar-refractivity contribution in [2.45, 2.75) is 32.3 Å². The van der Waals surface area contributed by atoms with Gasteiger partial charge in [-0.2, -0.15) is 0 Å². The van der Waals surface area contributed by atoms with Crippen LogP contribution in [0.3, 0.4) is 0 Å². The van der Waals surface area contributed by atoms with E-state index in [4.69, 9.17) is 14.9 Å². The summed E-state index contributed by atoms with van der Waals surface area (Å²) in [6.07, 6.45) is 1.84. The molecule has 0 aliphatic heterocycles. The Morgan fingerprint density at radius 2 is 2.07 bits per heavy atom. The fourth-order valence-corrected chi connectivity index (χ4v) is 2.82. The quantitative estimate of drug-likeness (QED) is 0.683. The zero-order chi connectivity index (χ0) is 10.4. The molecule has 0 spiro atoms. The van der Waals surface area contributed by atoms with E-state index in [0.29, 0.717) is 13.2 Å². The maximum absolute atomic E-state index is 10.8. The third-order valence-corrected chi connectivity index (χ3v) is 3.36. The van der Waals surface area contributed by atoms with E-state index in [-0.39, 0.29) is 5.41 Å². The number of carbonyl (C=O) groups is 1. The lowest BCUT2D eigenvalue weighted by atomic mass is 9.35. The first-order valence-electron chi connectivity index (χ1n) is 4.97. The highest BCUT2D eigenvalue weighted by Crippen LogP contribution is 2.73.